The SMILES string of the molecule is CC(C)=CC(=O)OC1CC2CC(OC(=O)C=C(C)C(=O)O)CC1N2C. The number of allylic oxidation sites excluding steroid dienone is 1. The molecule has 2 rings (SSSR count). The largest absolute Gasteiger partial charge is 0.478 e. The van der Waals surface area contributed by atoms with Gasteiger partial charge in [-0.3, -0.25) is 4.90 Å². The Kier molecular flexibility index (Phi) is 6.00. The summed E-state index contributed by atoms with van der Waals surface area (Å²) in [6, 6.07) is 0.168. The maximum Gasteiger partial charge on any atom is 0.331 e. The molecule has 2 aliphatic heterocycles. The summed E-state index contributed by atoms with van der Waals surface area (Å²) in [4.78, 5) is 36.7. The third-order valence-corrected chi connectivity index (χ3v) is 4.70. The highest BCUT2D eigenvalue weighted by Gasteiger charge is 2.47. The highest BCUT2D eigenvalue weighted by molar-refractivity contribution is 5.94. The van der Waals surface area contributed by atoms with E-state index in [2.05, 4.69) is 4.90 Å². The first kappa shape index (κ1) is 19.2. The number of ether oxygens (including phenoxy) is 2. The van der Waals surface area contributed by atoms with Gasteiger partial charge in [0.15, 0.2) is 0 Å². The molecule has 2 bridgehead atoms. The van der Waals surface area contributed by atoms with E-state index in [1.807, 2.05) is 20.9 Å². The van der Waals surface area contributed by atoms with Crippen molar-refractivity contribution in [2.45, 2.75) is 64.3 Å². The molecule has 7 nitrogen and oxygen atoms in total. The van der Waals surface area contributed by atoms with Crippen molar-refractivity contribution in [3.63, 3.8) is 0 Å². The molecule has 0 amide bonds. The quantitative estimate of drug-likeness (QED) is 0.595. The molecule has 7 heteroatoms. The number of hydrogen-bond acceptors (Lipinski definition) is 6. The number of esters is 2. The fourth-order valence-corrected chi connectivity index (χ4v) is 3.45. The van der Waals surface area contributed by atoms with Crippen LogP contribution in [-0.2, 0) is 23.9 Å². The number of aliphatic carboxylic acids is 1. The molecule has 2 heterocycles. The number of carboxylic acid groups (broad SMARTS) is 1. The van der Waals surface area contributed by atoms with Crippen LogP contribution in [-0.4, -0.2) is 59.3 Å². The number of nitrogens with zero attached hydrogens (tertiary/aromatic N) is 1. The third-order valence-electron chi connectivity index (χ3n) is 4.70. The Balaban J connectivity index is 1.97. The average molecular weight is 351 g/mol. The van der Waals surface area contributed by atoms with E-state index < -0.39 is 11.9 Å². The third kappa shape index (κ3) is 4.92. The van der Waals surface area contributed by atoms with Gasteiger partial charge in [0.1, 0.15) is 12.2 Å². The molecule has 4 unspecified atom stereocenters. The summed E-state index contributed by atoms with van der Waals surface area (Å²) in [6.45, 7) is 5.02. The molecule has 2 saturated heterocycles. The van der Waals surface area contributed by atoms with E-state index in [4.69, 9.17) is 14.6 Å². The summed E-state index contributed by atoms with van der Waals surface area (Å²) < 4.78 is 11.0. The topological polar surface area (TPSA) is 93.1 Å². The van der Waals surface area contributed by atoms with E-state index in [0.717, 1.165) is 11.6 Å². The van der Waals surface area contributed by atoms with E-state index >= 15 is 0 Å². The standard InChI is InChI=1S/C18H25NO6/c1-10(2)5-16(20)25-15-8-12-7-13(9-14(15)19(12)4)24-17(21)6-11(3)18(22)23/h5-6,12-15H,7-9H2,1-4H3,(H,22,23). The number of piperidine rings is 1. The van der Waals surface area contributed by atoms with Gasteiger partial charge in [0.2, 0.25) is 0 Å². The molecule has 0 radical (unpaired) electrons. The second-order valence-electron chi connectivity index (χ2n) is 6.98. The van der Waals surface area contributed by atoms with Gasteiger partial charge < -0.3 is 14.6 Å². The first-order chi connectivity index (χ1) is 11.7. The molecule has 2 aliphatic rings. The van der Waals surface area contributed by atoms with Crippen LogP contribution in [0.25, 0.3) is 0 Å². The lowest BCUT2D eigenvalue weighted by molar-refractivity contribution is -0.150. The Morgan fingerprint density at radius 2 is 1.64 bits per heavy atom. The minimum atomic E-state index is -1.15. The van der Waals surface area contributed by atoms with Crippen LogP contribution in [0.4, 0.5) is 0 Å². The van der Waals surface area contributed by atoms with Crippen LogP contribution >= 0.6 is 0 Å². The lowest BCUT2D eigenvalue weighted by atomic mass is 10.0. The smallest absolute Gasteiger partial charge is 0.331 e. The molecular weight excluding hydrogens is 326 g/mol. The number of rotatable bonds is 5. The molecule has 0 spiro atoms. The van der Waals surface area contributed by atoms with Gasteiger partial charge in [-0.2, -0.15) is 0 Å². The van der Waals surface area contributed by atoms with Gasteiger partial charge in [-0.15, -0.1) is 0 Å². The Hall–Kier alpha value is -2.15. The number of carboxylic acids is 1. The summed E-state index contributed by atoms with van der Waals surface area (Å²) in [6.07, 6.45) is 3.86. The van der Waals surface area contributed by atoms with Crippen molar-refractivity contribution < 1.29 is 29.0 Å². The summed E-state index contributed by atoms with van der Waals surface area (Å²) in [5.74, 6) is -2.14. The molecule has 4 atom stereocenters. The molecular formula is C18H25NO6. The van der Waals surface area contributed by atoms with Crippen LogP contribution in [0.5, 0.6) is 0 Å². The molecule has 0 aromatic rings. The molecule has 138 valence electrons. The summed E-state index contributed by atoms with van der Waals surface area (Å²) in [5, 5.41) is 8.81. The van der Waals surface area contributed by atoms with Gasteiger partial charge in [0, 0.05) is 43.0 Å². The van der Waals surface area contributed by atoms with Gasteiger partial charge in [0.25, 0.3) is 0 Å². The highest BCUT2D eigenvalue weighted by Crippen LogP contribution is 2.37. The fourth-order valence-electron chi connectivity index (χ4n) is 3.45. The normalized spacial score (nSPS) is 29.0. The lowest BCUT2D eigenvalue weighted by Crippen LogP contribution is -2.46. The molecule has 0 aromatic carbocycles. The predicted octanol–water partition coefficient (Wildman–Crippen LogP) is 1.67. The van der Waals surface area contributed by atoms with Crippen molar-refractivity contribution in [3.8, 4) is 0 Å². The van der Waals surface area contributed by atoms with Gasteiger partial charge in [-0.1, -0.05) is 5.57 Å². The van der Waals surface area contributed by atoms with Crippen molar-refractivity contribution in [2.24, 2.45) is 0 Å². The Bertz CT molecular complexity index is 619. The van der Waals surface area contributed by atoms with Crippen molar-refractivity contribution in [2.75, 3.05) is 7.05 Å². The minimum Gasteiger partial charge on any atom is -0.478 e. The summed E-state index contributed by atoms with van der Waals surface area (Å²) in [5.41, 5.74) is 0.821. The van der Waals surface area contributed by atoms with Crippen LogP contribution in [0.3, 0.4) is 0 Å². The van der Waals surface area contributed by atoms with E-state index in [-0.39, 0.29) is 35.8 Å². The van der Waals surface area contributed by atoms with Crippen LogP contribution in [0.1, 0.15) is 40.0 Å². The van der Waals surface area contributed by atoms with Crippen LogP contribution in [0, 0.1) is 0 Å². The number of carbonyl (C=O) groups excluding carboxylic acids is 2. The summed E-state index contributed by atoms with van der Waals surface area (Å²) in [7, 11) is 1.98. The maximum atomic E-state index is 11.9. The van der Waals surface area contributed by atoms with Crippen molar-refractivity contribution >= 4 is 17.9 Å². The zero-order valence-electron chi connectivity index (χ0n) is 15.0. The van der Waals surface area contributed by atoms with E-state index in [9.17, 15) is 14.4 Å². The minimum absolute atomic E-state index is 0.00406. The Morgan fingerprint density at radius 1 is 1.00 bits per heavy atom. The molecule has 0 aliphatic carbocycles. The second-order valence-corrected chi connectivity index (χ2v) is 6.98. The summed E-state index contributed by atoms with van der Waals surface area (Å²) >= 11 is 0. The average Bonchev–Trinajstić information content (AvgIpc) is 2.66. The van der Waals surface area contributed by atoms with E-state index in [0.29, 0.717) is 19.3 Å². The zero-order chi connectivity index (χ0) is 18.7. The molecule has 1 N–H and O–H groups in total. The van der Waals surface area contributed by atoms with Crippen LogP contribution in [0.2, 0.25) is 0 Å². The first-order valence-electron chi connectivity index (χ1n) is 8.37. The van der Waals surface area contributed by atoms with Gasteiger partial charge >= 0.3 is 17.9 Å². The van der Waals surface area contributed by atoms with Crippen molar-refractivity contribution in [1.29, 1.82) is 0 Å². The highest BCUT2D eigenvalue weighted by atomic mass is 16.6. The Morgan fingerprint density at radius 3 is 2.24 bits per heavy atom. The number of likely N-dealkylation sites (N-methyl/N-ethyl adjacent to an activating group) is 1. The Labute approximate surface area is 147 Å². The van der Waals surface area contributed by atoms with Crippen LogP contribution < -0.4 is 0 Å². The number of hydrogen-bond donors (Lipinski definition) is 1. The van der Waals surface area contributed by atoms with E-state index in [1.165, 1.54) is 13.0 Å². The fraction of sp³-hybridized carbons (Fsp3) is 0.611. The van der Waals surface area contributed by atoms with Crippen molar-refractivity contribution in [1.82, 2.24) is 4.90 Å². The van der Waals surface area contributed by atoms with Gasteiger partial charge in [-0.05, 0) is 27.8 Å². The van der Waals surface area contributed by atoms with Crippen molar-refractivity contribution in [3.05, 3.63) is 23.3 Å². The van der Waals surface area contributed by atoms with Crippen LogP contribution in [0.15, 0.2) is 23.3 Å². The monoisotopic (exact) mass is 351 g/mol. The lowest BCUT2D eigenvalue weighted by Gasteiger charge is -2.36. The van der Waals surface area contributed by atoms with Gasteiger partial charge in [0.05, 0.1) is 6.04 Å². The first-order valence-corrected chi connectivity index (χ1v) is 8.37. The predicted molar refractivity (Wildman–Crippen MR) is 89.8 cm³/mol. The van der Waals surface area contributed by atoms with E-state index in [1.54, 1.807) is 0 Å². The molecule has 2 fully saturated rings. The second kappa shape index (κ2) is 7.82. The number of fused-ring (bicyclic) bond motifs is 2. The van der Waals surface area contributed by atoms with Gasteiger partial charge in [-0.25, -0.2) is 14.4 Å². The maximum absolute atomic E-state index is 11.9. The zero-order valence-corrected chi connectivity index (χ0v) is 15.0. The molecule has 25 heavy (non-hydrogen) atoms. The number of carbonyl (C=O) groups is 3. The molecule has 0 aromatic heterocycles. The molecule has 0 saturated carbocycles.